The number of hydrogen-bond acceptors (Lipinski definition) is 4. The molecule has 0 atom stereocenters. The molecule has 1 saturated heterocycles. The van der Waals surface area contributed by atoms with E-state index in [0.29, 0.717) is 5.56 Å². The van der Waals surface area contributed by atoms with Crippen LogP contribution in [0, 0.1) is 25.6 Å². The van der Waals surface area contributed by atoms with Crippen molar-refractivity contribution >= 4 is 32.6 Å². The number of thiazole rings is 1. The van der Waals surface area contributed by atoms with E-state index in [2.05, 4.69) is 36.2 Å². The van der Waals surface area contributed by atoms with Crippen LogP contribution < -0.4 is 10.2 Å². The summed E-state index contributed by atoms with van der Waals surface area (Å²) in [4.78, 5) is 19.6. The van der Waals surface area contributed by atoms with Gasteiger partial charge in [-0.3, -0.25) is 4.79 Å². The first-order valence-corrected chi connectivity index (χ1v) is 10.5. The van der Waals surface area contributed by atoms with Crippen LogP contribution in [-0.4, -0.2) is 24.0 Å². The number of anilines is 1. The molecule has 1 aliphatic heterocycles. The van der Waals surface area contributed by atoms with Gasteiger partial charge in [-0.05, 0) is 49.9 Å². The standard InChI is InChI=1S/C22H24FN3OS/c1-14-11-15(2)20-19(12-14)28-22(25-20)26-9-7-16(8-10-26)21(27)24-13-17-5-3-4-6-18(17)23/h3-6,11-12,16H,7-10,13H2,1-2H3,(H,24,27). The van der Waals surface area contributed by atoms with Crippen molar-refractivity contribution in [3.8, 4) is 0 Å². The number of halogens is 1. The van der Waals surface area contributed by atoms with E-state index in [-0.39, 0.29) is 24.2 Å². The average Bonchev–Trinajstić information content (AvgIpc) is 3.11. The van der Waals surface area contributed by atoms with E-state index in [9.17, 15) is 9.18 Å². The molecule has 28 heavy (non-hydrogen) atoms. The molecule has 1 fully saturated rings. The van der Waals surface area contributed by atoms with Crippen molar-refractivity contribution in [3.63, 3.8) is 0 Å². The van der Waals surface area contributed by atoms with Crippen LogP contribution in [0.25, 0.3) is 10.2 Å². The highest BCUT2D eigenvalue weighted by molar-refractivity contribution is 7.22. The molecule has 4 rings (SSSR count). The molecular formula is C22H24FN3OS. The van der Waals surface area contributed by atoms with Crippen LogP contribution in [0.15, 0.2) is 36.4 Å². The normalized spacial score (nSPS) is 15.2. The first-order chi connectivity index (χ1) is 13.5. The number of carbonyl (C=O) groups is 1. The highest BCUT2D eigenvalue weighted by Gasteiger charge is 2.26. The molecule has 0 unspecified atom stereocenters. The maximum absolute atomic E-state index is 13.7. The average molecular weight is 398 g/mol. The molecule has 0 spiro atoms. The van der Waals surface area contributed by atoms with E-state index in [1.54, 1.807) is 29.5 Å². The number of piperidine rings is 1. The Morgan fingerprint density at radius 2 is 2.00 bits per heavy atom. The lowest BCUT2D eigenvalue weighted by Gasteiger charge is -2.31. The van der Waals surface area contributed by atoms with Gasteiger partial charge < -0.3 is 10.2 Å². The van der Waals surface area contributed by atoms with Crippen molar-refractivity contribution in [2.24, 2.45) is 5.92 Å². The lowest BCUT2D eigenvalue weighted by molar-refractivity contribution is -0.125. The lowest BCUT2D eigenvalue weighted by Crippen LogP contribution is -2.40. The molecule has 0 saturated carbocycles. The molecule has 1 aliphatic rings. The van der Waals surface area contributed by atoms with Crippen LogP contribution in [0.1, 0.15) is 29.5 Å². The van der Waals surface area contributed by atoms with Crippen molar-refractivity contribution in [2.45, 2.75) is 33.2 Å². The molecule has 6 heteroatoms. The summed E-state index contributed by atoms with van der Waals surface area (Å²) in [6.45, 7) is 6.08. The summed E-state index contributed by atoms with van der Waals surface area (Å²) >= 11 is 1.72. The minimum absolute atomic E-state index is 0.0127. The molecule has 2 aromatic carbocycles. The quantitative estimate of drug-likeness (QED) is 0.701. The van der Waals surface area contributed by atoms with Gasteiger partial charge in [0.25, 0.3) is 0 Å². The first kappa shape index (κ1) is 18.9. The fourth-order valence-corrected chi connectivity index (χ4v) is 4.99. The number of aryl methyl sites for hydroxylation is 2. The Kier molecular flexibility index (Phi) is 5.31. The van der Waals surface area contributed by atoms with Crippen LogP contribution in [0.5, 0.6) is 0 Å². The van der Waals surface area contributed by atoms with Crippen LogP contribution in [0.3, 0.4) is 0 Å². The highest BCUT2D eigenvalue weighted by atomic mass is 32.1. The summed E-state index contributed by atoms with van der Waals surface area (Å²) in [5, 5.41) is 3.92. The summed E-state index contributed by atoms with van der Waals surface area (Å²) in [5.41, 5.74) is 4.06. The Morgan fingerprint density at radius 3 is 2.75 bits per heavy atom. The molecule has 1 amide bonds. The second kappa shape index (κ2) is 7.87. The molecule has 0 aliphatic carbocycles. The molecule has 4 nitrogen and oxygen atoms in total. The number of benzene rings is 2. The van der Waals surface area contributed by atoms with Crippen molar-refractivity contribution in [1.82, 2.24) is 10.3 Å². The van der Waals surface area contributed by atoms with Crippen molar-refractivity contribution in [2.75, 3.05) is 18.0 Å². The van der Waals surface area contributed by atoms with Crippen LogP contribution in [0.2, 0.25) is 0 Å². The molecule has 1 aromatic heterocycles. The summed E-state index contributed by atoms with van der Waals surface area (Å²) < 4.78 is 14.9. The van der Waals surface area contributed by atoms with Crippen molar-refractivity contribution in [3.05, 3.63) is 58.9 Å². The van der Waals surface area contributed by atoms with Gasteiger partial charge in [-0.15, -0.1) is 0 Å². The van der Waals surface area contributed by atoms with Gasteiger partial charge in [0, 0.05) is 31.1 Å². The Morgan fingerprint density at radius 1 is 1.25 bits per heavy atom. The smallest absolute Gasteiger partial charge is 0.223 e. The summed E-state index contributed by atoms with van der Waals surface area (Å²) in [6, 6.07) is 10.9. The zero-order valence-corrected chi connectivity index (χ0v) is 17.0. The molecule has 1 N–H and O–H groups in total. The predicted molar refractivity (Wildman–Crippen MR) is 112 cm³/mol. The number of amides is 1. The van der Waals surface area contributed by atoms with Gasteiger partial charge in [-0.2, -0.15) is 0 Å². The van der Waals surface area contributed by atoms with Crippen LogP contribution in [-0.2, 0) is 11.3 Å². The van der Waals surface area contributed by atoms with Crippen molar-refractivity contribution in [1.29, 1.82) is 0 Å². The third-order valence-electron chi connectivity index (χ3n) is 5.37. The molecule has 0 bridgehead atoms. The summed E-state index contributed by atoms with van der Waals surface area (Å²) in [5.74, 6) is -0.293. The molecule has 3 aromatic rings. The Balaban J connectivity index is 1.36. The zero-order valence-electron chi connectivity index (χ0n) is 16.2. The molecule has 0 radical (unpaired) electrons. The van der Waals surface area contributed by atoms with Gasteiger partial charge in [0.2, 0.25) is 5.91 Å². The minimum Gasteiger partial charge on any atom is -0.352 e. The first-order valence-electron chi connectivity index (χ1n) is 9.65. The Labute approximate surface area is 168 Å². The maximum Gasteiger partial charge on any atom is 0.223 e. The third kappa shape index (κ3) is 3.87. The van der Waals surface area contributed by atoms with E-state index in [1.165, 1.54) is 21.9 Å². The van der Waals surface area contributed by atoms with Crippen LogP contribution in [0.4, 0.5) is 9.52 Å². The van der Waals surface area contributed by atoms with Crippen molar-refractivity contribution < 1.29 is 9.18 Å². The second-order valence-electron chi connectivity index (χ2n) is 7.50. The topological polar surface area (TPSA) is 45.2 Å². The van der Waals surface area contributed by atoms with Gasteiger partial charge in [-0.25, -0.2) is 9.37 Å². The number of hydrogen-bond donors (Lipinski definition) is 1. The van der Waals surface area contributed by atoms with Crippen LogP contribution >= 0.6 is 11.3 Å². The maximum atomic E-state index is 13.7. The lowest BCUT2D eigenvalue weighted by atomic mass is 9.96. The summed E-state index contributed by atoms with van der Waals surface area (Å²) in [7, 11) is 0. The molecule has 146 valence electrons. The predicted octanol–water partition coefficient (Wildman–Crippen LogP) is 4.59. The number of fused-ring (bicyclic) bond motifs is 1. The second-order valence-corrected chi connectivity index (χ2v) is 8.50. The largest absolute Gasteiger partial charge is 0.352 e. The fraction of sp³-hybridized carbons (Fsp3) is 0.364. The third-order valence-corrected chi connectivity index (χ3v) is 6.43. The van der Waals surface area contributed by atoms with E-state index in [4.69, 9.17) is 4.98 Å². The Hall–Kier alpha value is -2.47. The van der Waals surface area contributed by atoms with Gasteiger partial charge in [0.1, 0.15) is 5.82 Å². The van der Waals surface area contributed by atoms with E-state index in [0.717, 1.165) is 36.6 Å². The number of carbonyl (C=O) groups excluding carboxylic acids is 1. The van der Waals surface area contributed by atoms with Gasteiger partial charge in [0.05, 0.1) is 10.2 Å². The highest BCUT2D eigenvalue weighted by Crippen LogP contribution is 2.33. The van der Waals surface area contributed by atoms with Gasteiger partial charge in [-0.1, -0.05) is 35.6 Å². The van der Waals surface area contributed by atoms with Gasteiger partial charge >= 0.3 is 0 Å². The number of nitrogens with zero attached hydrogens (tertiary/aromatic N) is 2. The minimum atomic E-state index is -0.279. The zero-order chi connectivity index (χ0) is 19.7. The summed E-state index contributed by atoms with van der Waals surface area (Å²) in [6.07, 6.45) is 1.58. The number of rotatable bonds is 4. The number of aromatic nitrogens is 1. The Bertz CT molecular complexity index is 1010. The molecular weight excluding hydrogens is 373 g/mol. The fourth-order valence-electron chi connectivity index (χ4n) is 3.80. The van der Waals surface area contributed by atoms with E-state index >= 15 is 0 Å². The number of nitrogens with one attached hydrogen (secondary N) is 1. The molecule has 2 heterocycles. The SMILES string of the molecule is Cc1cc(C)c2nc(N3CCC(C(=O)NCc4ccccc4F)CC3)sc2c1. The van der Waals surface area contributed by atoms with E-state index in [1.807, 2.05) is 0 Å². The monoisotopic (exact) mass is 397 g/mol. The van der Waals surface area contributed by atoms with Gasteiger partial charge in [0.15, 0.2) is 5.13 Å². The van der Waals surface area contributed by atoms with E-state index < -0.39 is 0 Å².